The number of nitrogens with zero attached hydrogens (tertiary/aromatic N) is 5. The van der Waals surface area contributed by atoms with Crippen LogP contribution in [0.2, 0.25) is 0 Å². The van der Waals surface area contributed by atoms with E-state index < -0.39 is 0 Å². The molecule has 0 N–H and O–H groups in total. The van der Waals surface area contributed by atoms with E-state index in [4.69, 9.17) is 4.42 Å². The van der Waals surface area contributed by atoms with Gasteiger partial charge in [0.05, 0.1) is 12.0 Å². The van der Waals surface area contributed by atoms with Gasteiger partial charge in [-0.3, -0.25) is 4.79 Å². The summed E-state index contributed by atoms with van der Waals surface area (Å²) in [7, 11) is 0. The van der Waals surface area contributed by atoms with Crippen LogP contribution in [0.5, 0.6) is 0 Å². The second kappa shape index (κ2) is 8.39. The molecule has 3 aromatic rings. The Morgan fingerprint density at radius 1 is 1.19 bits per heavy atom. The maximum Gasteiger partial charge on any atom is 0.233 e. The molecule has 0 radical (unpaired) electrons. The molecule has 7 nitrogen and oxygen atoms in total. The van der Waals surface area contributed by atoms with Crippen molar-refractivity contribution >= 4 is 17.7 Å². The fourth-order valence-electron chi connectivity index (χ4n) is 2.62. The van der Waals surface area contributed by atoms with Gasteiger partial charge in [-0.2, -0.15) is 0 Å². The molecule has 0 bridgehead atoms. The van der Waals surface area contributed by atoms with Crippen LogP contribution in [-0.4, -0.2) is 42.3 Å². The van der Waals surface area contributed by atoms with Crippen LogP contribution in [0.1, 0.15) is 32.1 Å². The van der Waals surface area contributed by atoms with Gasteiger partial charge in [0.15, 0.2) is 0 Å². The van der Waals surface area contributed by atoms with Gasteiger partial charge in [-0.25, -0.2) is 4.68 Å². The predicted octanol–water partition coefficient (Wildman–Crippen LogP) is 3.23. The molecule has 0 spiro atoms. The quantitative estimate of drug-likeness (QED) is 0.581. The van der Waals surface area contributed by atoms with Crippen molar-refractivity contribution in [3.63, 3.8) is 0 Å². The Balaban J connectivity index is 1.65. The highest BCUT2D eigenvalue weighted by molar-refractivity contribution is 7.99. The Labute approximate surface area is 162 Å². The van der Waals surface area contributed by atoms with Crippen LogP contribution in [0.25, 0.3) is 0 Å². The number of tetrazole rings is 1. The number of furan rings is 1. The molecule has 0 saturated heterocycles. The molecule has 0 atom stereocenters. The van der Waals surface area contributed by atoms with Crippen molar-refractivity contribution in [2.45, 2.75) is 44.6 Å². The lowest BCUT2D eigenvalue weighted by Crippen LogP contribution is -2.45. The second-order valence-corrected chi connectivity index (χ2v) is 8.07. The zero-order chi connectivity index (χ0) is 19.3. The highest BCUT2D eigenvalue weighted by atomic mass is 32.2. The van der Waals surface area contributed by atoms with E-state index in [1.165, 1.54) is 11.8 Å². The minimum atomic E-state index is -0.284. The number of hydrogen-bond donors (Lipinski definition) is 0. The summed E-state index contributed by atoms with van der Waals surface area (Å²) >= 11 is 1.33. The molecule has 0 unspecified atom stereocenters. The number of aromatic nitrogens is 4. The van der Waals surface area contributed by atoms with Crippen molar-refractivity contribution in [2.75, 3.05) is 5.75 Å². The molecule has 0 aliphatic heterocycles. The standard InChI is InChI=1S/C19H23N5O2S/c1-19(2,3)23(12-15-8-5-4-6-9-15)17(25)14-27-18-20-21-22-24(18)13-16-10-7-11-26-16/h4-11H,12-14H2,1-3H3. The highest BCUT2D eigenvalue weighted by Gasteiger charge is 2.27. The lowest BCUT2D eigenvalue weighted by molar-refractivity contribution is -0.133. The monoisotopic (exact) mass is 385 g/mol. The Morgan fingerprint density at radius 2 is 1.96 bits per heavy atom. The maximum atomic E-state index is 12.9. The van der Waals surface area contributed by atoms with Crippen LogP contribution in [-0.2, 0) is 17.9 Å². The van der Waals surface area contributed by atoms with Gasteiger partial charge >= 0.3 is 0 Å². The van der Waals surface area contributed by atoms with E-state index in [-0.39, 0.29) is 17.2 Å². The number of carbonyl (C=O) groups is 1. The number of thioether (sulfide) groups is 1. The topological polar surface area (TPSA) is 77.1 Å². The molecule has 0 aliphatic carbocycles. The SMILES string of the molecule is CC(C)(C)N(Cc1ccccc1)C(=O)CSc1nnnn1Cc1ccco1. The fourth-order valence-corrected chi connectivity index (χ4v) is 3.37. The third-order valence-corrected chi connectivity index (χ3v) is 4.95. The first-order chi connectivity index (χ1) is 12.9. The number of benzene rings is 1. The fraction of sp³-hybridized carbons (Fsp3) is 0.368. The van der Waals surface area contributed by atoms with E-state index in [1.807, 2.05) is 68.1 Å². The van der Waals surface area contributed by atoms with Crippen molar-refractivity contribution in [1.82, 2.24) is 25.1 Å². The van der Waals surface area contributed by atoms with E-state index >= 15 is 0 Å². The Morgan fingerprint density at radius 3 is 2.63 bits per heavy atom. The van der Waals surface area contributed by atoms with Gasteiger partial charge in [-0.05, 0) is 48.9 Å². The van der Waals surface area contributed by atoms with Crippen molar-refractivity contribution < 1.29 is 9.21 Å². The van der Waals surface area contributed by atoms with Crippen LogP contribution in [0, 0.1) is 0 Å². The van der Waals surface area contributed by atoms with Crippen molar-refractivity contribution in [2.24, 2.45) is 0 Å². The second-order valence-electron chi connectivity index (χ2n) is 7.12. The molecule has 1 amide bonds. The van der Waals surface area contributed by atoms with Crippen molar-refractivity contribution in [3.8, 4) is 0 Å². The van der Waals surface area contributed by atoms with Crippen molar-refractivity contribution in [3.05, 3.63) is 60.1 Å². The van der Waals surface area contributed by atoms with Crippen LogP contribution in [0.3, 0.4) is 0 Å². The molecule has 2 aromatic heterocycles. The maximum absolute atomic E-state index is 12.9. The molecule has 0 saturated carbocycles. The lowest BCUT2D eigenvalue weighted by Gasteiger charge is -2.36. The third-order valence-electron chi connectivity index (χ3n) is 4.00. The zero-order valence-corrected chi connectivity index (χ0v) is 16.5. The summed E-state index contributed by atoms with van der Waals surface area (Å²) in [6.45, 7) is 7.13. The van der Waals surface area contributed by atoms with Crippen LogP contribution in [0.4, 0.5) is 0 Å². The first-order valence-corrected chi connectivity index (χ1v) is 9.68. The van der Waals surface area contributed by atoms with Gasteiger partial charge in [-0.1, -0.05) is 42.1 Å². The zero-order valence-electron chi connectivity index (χ0n) is 15.7. The number of amides is 1. The summed E-state index contributed by atoms with van der Waals surface area (Å²) < 4.78 is 6.97. The minimum absolute atomic E-state index is 0.0453. The lowest BCUT2D eigenvalue weighted by atomic mass is 10.0. The normalized spacial score (nSPS) is 11.5. The van der Waals surface area contributed by atoms with Gasteiger partial charge < -0.3 is 9.32 Å². The first-order valence-electron chi connectivity index (χ1n) is 8.69. The average molecular weight is 385 g/mol. The summed E-state index contributed by atoms with van der Waals surface area (Å²) in [5.74, 6) is 1.07. The molecule has 27 heavy (non-hydrogen) atoms. The summed E-state index contributed by atoms with van der Waals surface area (Å²) in [5, 5.41) is 12.3. The number of rotatable bonds is 7. The molecule has 2 heterocycles. The van der Waals surface area contributed by atoms with Gasteiger partial charge in [0.2, 0.25) is 11.1 Å². The smallest absolute Gasteiger partial charge is 0.233 e. The largest absolute Gasteiger partial charge is 0.467 e. The average Bonchev–Trinajstić information content (AvgIpc) is 3.30. The van der Waals surface area contributed by atoms with Crippen LogP contribution in [0.15, 0.2) is 58.3 Å². The van der Waals surface area contributed by atoms with E-state index in [1.54, 1.807) is 10.9 Å². The molecule has 1 aromatic carbocycles. The summed E-state index contributed by atoms with van der Waals surface area (Å²) in [6.07, 6.45) is 1.61. The Hall–Kier alpha value is -2.61. The minimum Gasteiger partial charge on any atom is -0.467 e. The van der Waals surface area contributed by atoms with Gasteiger partial charge in [0.1, 0.15) is 12.3 Å². The van der Waals surface area contributed by atoms with E-state index in [9.17, 15) is 4.79 Å². The summed E-state index contributed by atoms with van der Waals surface area (Å²) in [6, 6.07) is 13.7. The number of hydrogen-bond acceptors (Lipinski definition) is 6. The molecule has 3 rings (SSSR count). The highest BCUT2D eigenvalue weighted by Crippen LogP contribution is 2.22. The molecule has 0 aliphatic rings. The summed E-state index contributed by atoms with van der Waals surface area (Å²) in [4.78, 5) is 14.8. The molecule has 0 fully saturated rings. The van der Waals surface area contributed by atoms with Crippen LogP contribution < -0.4 is 0 Å². The van der Waals surface area contributed by atoms with Crippen LogP contribution >= 0.6 is 11.8 Å². The third kappa shape index (κ3) is 5.19. The van der Waals surface area contributed by atoms with E-state index in [0.717, 1.165) is 11.3 Å². The van der Waals surface area contributed by atoms with Gasteiger partial charge in [0, 0.05) is 12.1 Å². The van der Waals surface area contributed by atoms with E-state index in [0.29, 0.717) is 18.2 Å². The molecular weight excluding hydrogens is 362 g/mol. The Kier molecular flexibility index (Phi) is 5.95. The predicted molar refractivity (Wildman–Crippen MR) is 103 cm³/mol. The molecule has 142 valence electrons. The number of carbonyl (C=O) groups excluding carboxylic acids is 1. The Bertz CT molecular complexity index is 856. The first kappa shape index (κ1) is 19.2. The van der Waals surface area contributed by atoms with Gasteiger partial charge in [-0.15, -0.1) is 5.10 Å². The molecular formula is C19H23N5O2S. The summed E-state index contributed by atoms with van der Waals surface area (Å²) in [5.41, 5.74) is 0.821. The van der Waals surface area contributed by atoms with Gasteiger partial charge in [0.25, 0.3) is 0 Å². The van der Waals surface area contributed by atoms with E-state index in [2.05, 4.69) is 15.5 Å². The van der Waals surface area contributed by atoms with Crippen molar-refractivity contribution in [1.29, 1.82) is 0 Å². The molecule has 8 heteroatoms.